The molecule has 0 aliphatic carbocycles. The molecule has 0 saturated carbocycles. The van der Waals surface area contributed by atoms with Crippen molar-refractivity contribution in [3.63, 3.8) is 0 Å². The minimum Gasteiger partial charge on any atom is -0.364 e. The number of rotatable bonds is 9. The van der Waals surface area contributed by atoms with Gasteiger partial charge in [-0.2, -0.15) is 18.3 Å². The summed E-state index contributed by atoms with van der Waals surface area (Å²) >= 11 is 0. The number of pyridine rings is 2. The number of hydrogen-bond donors (Lipinski definition) is 1. The molecule has 2 saturated heterocycles. The number of hydrogen-bond acceptors (Lipinski definition) is 7. The molecule has 2 aliphatic rings. The molecule has 12 nitrogen and oxygen atoms in total. The van der Waals surface area contributed by atoms with Crippen LogP contribution in [0.1, 0.15) is 43.4 Å². The number of carbonyl (C=O) groups is 2. The average molecular weight is 741 g/mol. The Bertz CT molecular complexity index is 1820. The first-order valence-electron chi connectivity index (χ1n) is 16.9. The van der Waals surface area contributed by atoms with Crippen LogP contribution in [0.5, 0.6) is 0 Å². The molecule has 2 aliphatic heterocycles. The second kappa shape index (κ2) is 14.5. The minimum atomic E-state index is -4.79. The number of amides is 3. The molecular weight excluding hydrogens is 695 g/mol. The molecule has 3 aromatic heterocycles. The van der Waals surface area contributed by atoms with Crippen LogP contribution in [0.3, 0.4) is 0 Å². The average Bonchev–Trinajstić information content (AvgIpc) is 3.41. The molecule has 0 aromatic carbocycles. The number of aryl methyl sites for hydroxylation is 1. The van der Waals surface area contributed by atoms with E-state index >= 15 is 8.78 Å². The predicted octanol–water partition coefficient (Wildman–Crippen LogP) is 5.56. The Hall–Kier alpha value is -4.06. The summed E-state index contributed by atoms with van der Waals surface area (Å²) in [5.74, 6) is -3.40. The maximum Gasteiger partial charge on any atom is 0.417 e. The van der Waals surface area contributed by atoms with E-state index in [0.717, 1.165) is 30.7 Å². The van der Waals surface area contributed by atoms with Crippen LogP contribution in [0, 0.1) is 0 Å². The van der Waals surface area contributed by atoms with Crippen LogP contribution < -0.4 is 15.8 Å². The van der Waals surface area contributed by atoms with E-state index in [0.29, 0.717) is 66.1 Å². The molecule has 2 fully saturated rings. The summed E-state index contributed by atoms with van der Waals surface area (Å²) in [6.45, 7) is 9.62. The Morgan fingerprint density at radius 1 is 1.12 bits per heavy atom. The maximum absolute atomic E-state index is 15.8. The van der Waals surface area contributed by atoms with Crippen LogP contribution >= 0.6 is 0 Å². The highest BCUT2D eigenvalue weighted by Gasteiger charge is 2.48. The summed E-state index contributed by atoms with van der Waals surface area (Å²) in [5.41, 5.74) is -0.975. The number of halogens is 5. The van der Waals surface area contributed by atoms with Gasteiger partial charge in [-0.05, 0) is 37.4 Å². The van der Waals surface area contributed by atoms with Gasteiger partial charge in [0.2, 0.25) is 5.91 Å². The molecule has 1 unspecified atom stereocenters. The molecule has 51 heavy (non-hydrogen) atoms. The van der Waals surface area contributed by atoms with E-state index in [2.05, 4.69) is 29.9 Å². The third-order valence-electron chi connectivity index (χ3n) is 9.60. The van der Waals surface area contributed by atoms with Gasteiger partial charge in [0.05, 0.1) is 29.7 Å². The first kappa shape index (κ1) is 38.2. The molecule has 280 valence electrons. The van der Waals surface area contributed by atoms with E-state index in [4.69, 9.17) is 9.84 Å². The molecule has 18 heteroatoms. The number of aromatic nitrogens is 4. The molecule has 3 aromatic rings. The number of ether oxygens (including phenoxy) is 1. The highest BCUT2D eigenvalue weighted by atomic mass is 28.3. The van der Waals surface area contributed by atoms with Gasteiger partial charge in [-0.25, -0.2) is 23.2 Å². The molecular formula is C33H45F5N8O4Si. The summed E-state index contributed by atoms with van der Waals surface area (Å²) < 4.78 is 79.9. The van der Waals surface area contributed by atoms with Crippen molar-refractivity contribution in [2.24, 2.45) is 7.05 Å². The van der Waals surface area contributed by atoms with Crippen molar-refractivity contribution in [3.05, 3.63) is 46.1 Å². The Morgan fingerprint density at radius 2 is 1.80 bits per heavy atom. The lowest BCUT2D eigenvalue weighted by molar-refractivity contribution is -0.138. The number of piperidine rings is 2. The topological polar surface area (TPSA) is 118 Å². The molecule has 0 spiro atoms. The van der Waals surface area contributed by atoms with Crippen LogP contribution in [0.15, 0.2) is 29.3 Å². The van der Waals surface area contributed by atoms with Gasteiger partial charge in [0.1, 0.15) is 18.5 Å². The standard InChI is InChI=1S/C33H45F5N8O4Si/c1-21(47)44-10-7-22(8-11-44)28-25-16-24(17-39-29(25)46(41-28)20-50-13-14-51(4,5)6)45-12-9-27(32(34,35)19-45)43(3)31(49)40-26-15-23(33(36,37)38)18-42(2)30(26)48/h15-18,22,27H,7-14,19-20H2,1-6H3,(H,40,49). The van der Waals surface area contributed by atoms with Crippen LogP contribution in [0.4, 0.5) is 38.1 Å². The van der Waals surface area contributed by atoms with Gasteiger partial charge in [-0.3, -0.25) is 9.59 Å². The smallest absolute Gasteiger partial charge is 0.364 e. The molecule has 3 amide bonds. The maximum atomic E-state index is 15.8. The Morgan fingerprint density at radius 3 is 2.41 bits per heavy atom. The number of anilines is 2. The fourth-order valence-electron chi connectivity index (χ4n) is 6.56. The van der Waals surface area contributed by atoms with Crippen molar-refractivity contribution in [1.29, 1.82) is 0 Å². The molecule has 0 bridgehead atoms. The quantitative estimate of drug-likeness (QED) is 0.173. The van der Waals surface area contributed by atoms with Crippen molar-refractivity contribution in [2.75, 3.05) is 50.1 Å². The molecule has 5 heterocycles. The van der Waals surface area contributed by atoms with E-state index in [1.165, 1.54) is 11.1 Å². The monoisotopic (exact) mass is 740 g/mol. The second-order valence-electron chi connectivity index (χ2n) is 14.7. The van der Waals surface area contributed by atoms with Crippen molar-refractivity contribution in [3.8, 4) is 0 Å². The van der Waals surface area contributed by atoms with Gasteiger partial charge in [-0.1, -0.05) is 19.6 Å². The zero-order valence-electron chi connectivity index (χ0n) is 29.7. The van der Waals surface area contributed by atoms with Crippen molar-refractivity contribution in [1.82, 2.24) is 29.1 Å². The van der Waals surface area contributed by atoms with E-state index < -0.39 is 55.6 Å². The van der Waals surface area contributed by atoms with Crippen LogP contribution in [0.25, 0.3) is 11.0 Å². The number of nitrogens with zero attached hydrogens (tertiary/aromatic N) is 7. The van der Waals surface area contributed by atoms with Gasteiger partial charge in [0.25, 0.3) is 11.5 Å². The summed E-state index contributed by atoms with van der Waals surface area (Å²) in [7, 11) is 0.903. The highest BCUT2D eigenvalue weighted by Crippen LogP contribution is 2.37. The van der Waals surface area contributed by atoms with E-state index in [1.54, 1.807) is 22.6 Å². The van der Waals surface area contributed by atoms with Gasteiger partial charge < -0.3 is 29.3 Å². The summed E-state index contributed by atoms with van der Waals surface area (Å²) in [6, 6.07) is 0.535. The lowest BCUT2D eigenvalue weighted by atomic mass is 9.92. The molecule has 1 atom stereocenters. The first-order chi connectivity index (χ1) is 23.7. The zero-order valence-corrected chi connectivity index (χ0v) is 30.7. The Labute approximate surface area is 293 Å². The van der Waals surface area contributed by atoms with Crippen LogP contribution in [0.2, 0.25) is 25.7 Å². The third-order valence-corrected chi connectivity index (χ3v) is 11.3. The number of alkyl halides is 5. The lowest BCUT2D eigenvalue weighted by Crippen LogP contribution is -2.59. The normalized spacial score (nSPS) is 18.7. The number of carbonyl (C=O) groups excluding carboxylic acids is 2. The van der Waals surface area contributed by atoms with Gasteiger partial charge in [-0.15, -0.1) is 0 Å². The SMILES string of the molecule is CC(=O)N1CCC(c2nn(COCC[Si](C)(C)C)c3ncc(N4CCC(N(C)C(=O)Nc5cc(C(F)(F)F)cn(C)c5=O)C(F)(F)C4)cc23)CC1. The number of fused-ring (bicyclic) bond motifs is 1. The van der Waals surface area contributed by atoms with Crippen LogP contribution in [-0.4, -0.2) is 101 Å². The Balaban J connectivity index is 1.34. The Kier molecular flexibility index (Phi) is 10.9. The highest BCUT2D eigenvalue weighted by molar-refractivity contribution is 6.76. The summed E-state index contributed by atoms with van der Waals surface area (Å²) in [4.78, 5) is 46.1. The second-order valence-corrected chi connectivity index (χ2v) is 20.3. The van der Waals surface area contributed by atoms with Crippen molar-refractivity contribution >= 4 is 42.4 Å². The number of likely N-dealkylation sites (tertiary alicyclic amines) is 1. The largest absolute Gasteiger partial charge is 0.417 e. The van der Waals surface area contributed by atoms with E-state index in [9.17, 15) is 27.6 Å². The summed E-state index contributed by atoms with van der Waals surface area (Å²) in [6.07, 6.45) is -1.47. The third kappa shape index (κ3) is 8.70. The number of urea groups is 1. The fraction of sp³-hybridized carbons (Fsp3) is 0.606. The van der Waals surface area contributed by atoms with Gasteiger partial charge in [0, 0.05) is 72.8 Å². The summed E-state index contributed by atoms with van der Waals surface area (Å²) in [5, 5.41) is 7.69. The van der Waals surface area contributed by atoms with E-state index in [1.807, 2.05) is 0 Å². The van der Waals surface area contributed by atoms with Crippen molar-refractivity contribution < 1.29 is 36.3 Å². The van der Waals surface area contributed by atoms with Crippen LogP contribution in [-0.2, 0) is 29.5 Å². The van der Waals surface area contributed by atoms with E-state index in [-0.39, 0.29) is 31.5 Å². The molecule has 0 radical (unpaired) electrons. The minimum absolute atomic E-state index is 0.0101. The van der Waals surface area contributed by atoms with Gasteiger partial charge >= 0.3 is 12.2 Å². The first-order valence-corrected chi connectivity index (χ1v) is 20.6. The van der Waals surface area contributed by atoms with Crippen molar-refractivity contribution in [2.45, 2.75) is 82.7 Å². The number of nitrogens with one attached hydrogen (secondary N) is 1. The lowest BCUT2D eigenvalue weighted by Gasteiger charge is -2.42. The zero-order chi connectivity index (χ0) is 37.5. The molecule has 5 rings (SSSR count). The molecule has 1 N–H and O–H groups in total. The fourth-order valence-corrected chi connectivity index (χ4v) is 7.32. The van der Waals surface area contributed by atoms with Gasteiger partial charge in [0.15, 0.2) is 5.65 Å². The predicted molar refractivity (Wildman–Crippen MR) is 185 cm³/mol.